The summed E-state index contributed by atoms with van der Waals surface area (Å²) in [5.41, 5.74) is 3.04. The smallest absolute Gasteiger partial charge is 0.228 e. The molecular weight excluding hydrogens is 362 g/mol. The van der Waals surface area contributed by atoms with Crippen molar-refractivity contribution < 1.29 is 4.79 Å². The summed E-state index contributed by atoms with van der Waals surface area (Å²) in [5.74, 6) is 2.70. The number of nitrogens with zero attached hydrogens (tertiary/aromatic N) is 5. The number of anilines is 1. The average Bonchev–Trinajstić information content (AvgIpc) is 3.55. The number of likely N-dealkylation sites (tertiary alicyclic amines) is 1. The number of carbonyl (C=O) groups is 1. The van der Waals surface area contributed by atoms with Gasteiger partial charge in [-0.05, 0) is 63.6 Å². The first-order chi connectivity index (χ1) is 14.2. The molecule has 5 rings (SSSR count). The monoisotopic (exact) mass is 391 g/mol. The predicted octanol–water partition coefficient (Wildman–Crippen LogP) is 3.60. The molecule has 1 atom stereocenters. The van der Waals surface area contributed by atoms with E-state index in [0.717, 1.165) is 53.9 Å². The van der Waals surface area contributed by atoms with Gasteiger partial charge in [-0.15, -0.1) is 0 Å². The summed E-state index contributed by atoms with van der Waals surface area (Å²) in [6.45, 7) is 4.85. The van der Waals surface area contributed by atoms with Crippen molar-refractivity contribution in [2.24, 2.45) is 5.92 Å². The van der Waals surface area contributed by atoms with Crippen LogP contribution in [-0.4, -0.2) is 38.8 Å². The van der Waals surface area contributed by atoms with E-state index in [2.05, 4.69) is 16.8 Å². The summed E-state index contributed by atoms with van der Waals surface area (Å²) in [7, 11) is 0. The number of aryl methyl sites for hydroxylation is 1. The highest BCUT2D eigenvalue weighted by Gasteiger charge is 2.34. The Balaban J connectivity index is 1.49. The van der Waals surface area contributed by atoms with Crippen LogP contribution in [0.3, 0.4) is 0 Å². The Morgan fingerprint density at radius 3 is 2.79 bits per heavy atom. The minimum Gasteiger partial charge on any atom is -0.293 e. The Bertz CT molecular complexity index is 896. The van der Waals surface area contributed by atoms with Crippen LogP contribution in [0.5, 0.6) is 0 Å². The number of rotatable bonds is 5. The number of hydrogen-bond donors (Lipinski definition) is 0. The highest BCUT2D eigenvalue weighted by Crippen LogP contribution is 2.37. The van der Waals surface area contributed by atoms with Crippen molar-refractivity contribution >= 4 is 11.7 Å². The quantitative estimate of drug-likeness (QED) is 0.779. The maximum atomic E-state index is 12.8. The van der Waals surface area contributed by atoms with Crippen molar-refractivity contribution in [1.82, 2.24) is 19.9 Å². The molecule has 3 aliphatic rings. The number of piperidine rings is 1. The number of hydrogen-bond acceptors (Lipinski definition) is 5. The van der Waals surface area contributed by atoms with Crippen molar-refractivity contribution in [3.05, 3.63) is 47.2 Å². The molecule has 6 nitrogen and oxygen atoms in total. The van der Waals surface area contributed by atoms with Crippen molar-refractivity contribution in [3.8, 4) is 0 Å². The Hall–Kier alpha value is -2.34. The second-order valence-corrected chi connectivity index (χ2v) is 8.72. The first-order valence-electron chi connectivity index (χ1n) is 11.0. The highest BCUT2D eigenvalue weighted by atomic mass is 16.2. The van der Waals surface area contributed by atoms with Gasteiger partial charge in [0.25, 0.3) is 0 Å². The molecule has 1 saturated heterocycles. The minimum atomic E-state index is 0.130. The standard InChI is InChI=1S/C23H29N5O/c1-16-19-10-11-21(29)28(15-18-6-2-4-12-24-18)23(19)26-22(25-16)20-7-3-5-13-27(20)14-17-8-9-17/h2,4,6,12,17,20H,3,5,7-11,13-15H2,1H3/t20-/m0/s1. The molecule has 2 aliphatic heterocycles. The second kappa shape index (κ2) is 7.82. The fraction of sp³-hybridized carbons (Fsp3) is 0.565. The Kier molecular flexibility index (Phi) is 5.04. The van der Waals surface area contributed by atoms with Gasteiger partial charge in [-0.3, -0.25) is 19.6 Å². The Morgan fingerprint density at radius 1 is 1.10 bits per heavy atom. The summed E-state index contributed by atoms with van der Waals surface area (Å²) in [6.07, 6.45) is 9.34. The lowest BCUT2D eigenvalue weighted by atomic mass is 9.99. The third-order valence-electron chi connectivity index (χ3n) is 6.50. The van der Waals surface area contributed by atoms with Crippen LogP contribution in [0.4, 0.5) is 5.82 Å². The van der Waals surface area contributed by atoms with Gasteiger partial charge in [0.1, 0.15) is 11.6 Å². The van der Waals surface area contributed by atoms with Gasteiger partial charge in [-0.2, -0.15) is 0 Å². The number of fused-ring (bicyclic) bond motifs is 1. The zero-order valence-electron chi connectivity index (χ0n) is 17.2. The lowest BCUT2D eigenvalue weighted by Crippen LogP contribution is -2.39. The molecule has 2 aromatic heterocycles. The van der Waals surface area contributed by atoms with E-state index in [4.69, 9.17) is 9.97 Å². The molecular formula is C23H29N5O. The number of amides is 1. The van der Waals surface area contributed by atoms with E-state index in [0.29, 0.717) is 13.0 Å². The van der Waals surface area contributed by atoms with Crippen LogP contribution in [0.25, 0.3) is 0 Å². The number of carbonyl (C=O) groups excluding carboxylic acids is 1. The van der Waals surface area contributed by atoms with E-state index in [1.54, 1.807) is 6.20 Å². The van der Waals surface area contributed by atoms with E-state index in [-0.39, 0.29) is 11.9 Å². The lowest BCUT2D eigenvalue weighted by molar-refractivity contribution is -0.119. The average molecular weight is 392 g/mol. The summed E-state index contributed by atoms with van der Waals surface area (Å²) in [4.78, 5) is 31.6. The van der Waals surface area contributed by atoms with Crippen LogP contribution in [0.2, 0.25) is 0 Å². The Morgan fingerprint density at radius 2 is 2.00 bits per heavy atom. The molecule has 4 heterocycles. The molecule has 0 unspecified atom stereocenters. The lowest BCUT2D eigenvalue weighted by Gasteiger charge is -2.36. The molecule has 1 amide bonds. The maximum absolute atomic E-state index is 12.8. The minimum absolute atomic E-state index is 0.130. The highest BCUT2D eigenvalue weighted by molar-refractivity contribution is 5.95. The van der Waals surface area contributed by atoms with Gasteiger partial charge in [0.2, 0.25) is 5.91 Å². The SMILES string of the molecule is Cc1nc([C@@H]2CCCCN2CC2CC2)nc2c1CCC(=O)N2Cc1ccccn1. The third kappa shape index (κ3) is 3.90. The van der Waals surface area contributed by atoms with Crippen molar-refractivity contribution in [2.75, 3.05) is 18.0 Å². The van der Waals surface area contributed by atoms with Crippen LogP contribution in [-0.2, 0) is 17.8 Å². The molecule has 1 saturated carbocycles. The third-order valence-corrected chi connectivity index (χ3v) is 6.50. The molecule has 29 heavy (non-hydrogen) atoms. The Labute approximate surface area is 172 Å². The van der Waals surface area contributed by atoms with E-state index < -0.39 is 0 Å². The normalized spacial score (nSPS) is 22.6. The maximum Gasteiger partial charge on any atom is 0.228 e. The van der Waals surface area contributed by atoms with Gasteiger partial charge in [-0.25, -0.2) is 9.97 Å². The van der Waals surface area contributed by atoms with Gasteiger partial charge in [0, 0.05) is 30.4 Å². The molecule has 0 bridgehead atoms. The second-order valence-electron chi connectivity index (χ2n) is 8.72. The van der Waals surface area contributed by atoms with Crippen molar-refractivity contribution in [3.63, 3.8) is 0 Å². The van der Waals surface area contributed by atoms with Gasteiger partial charge in [0.15, 0.2) is 0 Å². The van der Waals surface area contributed by atoms with Crippen LogP contribution in [0.1, 0.15) is 67.3 Å². The fourth-order valence-electron chi connectivity index (χ4n) is 4.70. The summed E-state index contributed by atoms with van der Waals surface area (Å²) in [5, 5.41) is 0. The zero-order valence-corrected chi connectivity index (χ0v) is 17.2. The zero-order chi connectivity index (χ0) is 19.8. The van der Waals surface area contributed by atoms with Gasteiger partial charge >= 0.3 is 0 Å². The van der Waals surface area contributed by atoms with E-state index in [9.17, 15) is 4.79 Å². The van der Waals surface area contributed by atoms with E-state index in [1.165, 1.54) is 32.2 Å². The molecule has 152 valence electrons. The molecule has 0 N–H and O–H groups in total. The summed E-state index contributed by atoms with van der Waals surface area (Å²) < 4.78 is 0. The number of aromatic nitrogens is 3. The molecule has 6 heteroatoms. The molecule has 2 fully saturated rings. The topological polar surface area (TPSA) is 62.2 Å². The van der Waals surface area contributed by atoms with Gasteiger partial charge in [-0.1, -0.05) is 12.5 Å². The van der Waals surface area contributed by atoms with Gasteiger partial charge in [0.05, 0.1) is 18.3 Å². The predicted molar refractivity (Wildman–Crippen MR) is 111 cm³/mol. The van der Waals surface area contributed by atoms with Crippen LogP contribution in [0, 0.1) is 12.8 Å². The summed E-state index contributed by atoms with van der Waals surface area (Å²) in [6, 6.07) is 6.11. The molecule has 0 radical (unpaired) electrons. The summed E-state index contributed by atoms with van der Waals surface area (Å²) >= 11 is 0. The van der Waals surface area contributed by atoms with E-state index >= 15 is 0 Å². The van der Waals surface area contributed by atoms with Crippen LogP contribution >= 0.6 is 0 Å². The first kappa shape index (κ1) is 18.7. The van der Waals surface area contributed by atoms with Crippen LogP contribution in [0.15, 0.2) is 24.4 Å². The van der Waals surface area contributed by atoms with Crippen molar-refractivity contribution in [1.29, 1.82) is 0 Å². The van der Waals surface area contributed by atoms with Crippen molar-refractivity contribution in [2.45, 2.75) is 64.5 Å². The fourth-order valence-corrected chi connectivity index (χ4v) is 4.70. The van der Waals surface area contributed by atoms with Gasteiger partial charge < -0.3 is 0 Å². The van der Waals surface area contributed by atoms with Crippen LogP contribution < -0.4 is 4.90 Å². The molecule has 2 aromatic rings. The first-order valence-corrected chi connectivity index (χ1v) is 11.0. The number of pyridine rings is 1. The molecule has 1 aliphatic carbocycles. The van der Waals surface area contributed by atoms with E-state index in [1.807, 2.05) is 23.1 Å². The molecule has 0 spiro atoms. The largest absolute Gasteiger partial charge is 0.293 e. The molecule has 0 aromatic carbocycles.